The van der Waals surface area contributed by atoms with Gasteiger partial charge in [-0.25, -0.2) is 8.42 Å². The van der Waals surface area contributed by atoms with Gasteiger partial charge in [0.05, 0.1) is 17.4 Å². The summed E-state index contributed by atoms with van der Waals surface area (Å²) in [5.74, 6) is -2.09. The highest BCUT2D eigenvalue weighted by atomic mass is 32.2. The van der Waals surface area contributed by atoms with Gasteiger partial charge in [0.2, 0.25) is 10.0 Å². The van der Waals surface area contributed by atoms with E-state index >= 15 is 0 Å². The van der Waals surface area contributed by atoms with Crippen molar-refractivity contribution in [2.45, 2.75) is 44.3 Å². The molecule has 3 rings (SSSR count). The zero-order chi connectivity index (χ0) is 18.9. The number of nitrogens with one attached hydrogen (secondary N) is 1. The van der Waals surface area contributed by atoms with Gasteiger partial charge in [0, 0.05) is 18.2 Å². The summed E-state index contributed by atoms with van der Waals surface area (Å²) in [5, 5.41) is 2.50. The highest BCUT2D eigenvalue weighted by molar-refractivity contribution is 7.93. The Morgan fingerprint density at radius 2 is 1.88 bits per heavy atom. The second kappa shape index (κ2) is 7.09. The van der Waals surface area contributed by atoms with Crippen molar-refractivity contribution in [2.75, 3.05) is 16.6 Å². The number of benzene rings is 1. The summed E-state index contributed by atoms with van der Waals surface area (Å²) in [6.07, 6.45) is -2.39. The van der Waals surface area contributed by atoms with E-state index < -0.39 is 34.1 Å². The zero-order valence-corrected chi connectivity index (χ0v) is 14.9. The van der Waals surface area contributed by atoms with Crippen LogP contribution in [0.25, 0.3) is 0 Å². The molecule has 26 heavy (non-hydrogen) atoms. The van der Waals surface area contributed by atoms with Crippen LogP contribution in [0.5, 0.6) is 0 Å². The van der Waals surface area contributed by atoms with E-state index in [0.717, 1.165) is 0 Å². The van der Waals surface area contributed by atoms with Gasteiger partial charge in [0.15, 0.2) is 0 Å². The van der Waals surface area contributed by atoms with Gasteiger partial charge in [-0.15, -0.1) is 0 Å². The lowest BCUT2D eigenvalue weighted by Gasteiger charge is -2.33. The molecule has 9 heteroatoms. The summed E-state index contributed by atoms with van der Waals surface area (Å²) >= 11 is 0. The minimum absolute atomic E-state index is 0.0144. The molecule has 5 nitrogen and oxygen atoms in total. The van der Waals surface area contributed by atoms with E-state index in [4.69, 9.17) is 0 Å². The molecule has 144 valence electrons. The van der Waals surface area contributed by atoms with Crippen LogP contribution in [0, 0.1) is 5.92 Å². The number of sulfonamides is 1. The molecule has 2 aliphatic rings. The maximum absolute atomic E-state index is 13.2. The van der Waals surface area contributed by atoms with Crippen molar-refractivity contribution in [3.8, 4) is 0 Å². The SMILES string of the molecule is O=C(NC1CCCCC1C(F)(F)F)c1cccc(N2CCCS2(=O)=O)c1. The number of hydrogen-bond acceptors (Lipinski definition) is 3. The van der Waals surface area contributed by atoms with Crippen LogP contribution < -0.4 is 9.62 Å². The predicted octanol–water partition coefficient (Wildman–Crippen LogP) is 3.08. The first kappa shape index (κ1) is 19.0. The summed E-state index contributed by atoms with van der Waals surface area (Å²) < 4.78 is 64.8. The third-order valence-corrected chi connectivity index (χ3v) is 6.87. The normalized spacial score (nSPS) is 25.9. The molecule has 2 fully saturated rings. The first-order valence-corrected chi connectivity index (χ1v) is 10.3. The fourth-order valence-corrected chi connectivity index (χ4v) is 5.24. The molecule has 1 saturated heterocycles. The minimum Gasteiger partial charge on any atom is -0.349 e. The predicted molar refractivity (Wildman–Crippen MR) is 91.5 cm³/mol. The van der Waals surface area contributed by atoms with Crippen molar-refractivity contribution in [1.82, 2.24) is 5.32 Å². The van der Waals surface area contributed by atoms with Crippen molar-refractivity contribution in [3.63, 3.8) is 0 Å². The molecule has 2 unspecified atom stereocenters. The fourth-order valence-electron chi connectivity index (χ4n) is 3.68. The quantitative estimate of drug-likeness (QED) is 0.863. The largest absolute Gasteiger partial charge is 0.393 e. The van der Waals surface area contributed by atoms with Crippen LogP contribution >= 0.6 is 0 Å². The van der Waals surface area contributed by atoms with E-state index in [9.17, 15) is 26.4 Å². The Hall–Kier alpha value is -1.77. The van der Waals surface area contributed by atoms with Crippen molar-refractivity contribution < 1.29 is 26.4 Å². The number of carbonyl (C=O) groups is 1. The van der Waals surface area contributed by atoms with E-state index in [1.807, 2.05) is 0 Å². The van der Waals surface area contributed by atoms with E-state index in [1.165, 1.54) is 16.4 Å². The van der Waals surface area contributed by atoms with Gasteiger partial charge in [0.25, 0.3) is 5.91 Å². The number of halogens is 3. The minimum atomic E-state index is -4.34. The fraction of sp³-hybridized carbons (Fsp3) is 0.588. The lowest BCUT2D eigenvalue weighted by molar-refractivity contribution is -0.187. The van der Waals surface area contributed by atoms with Crippen LogP contribution in [0.4, 0.5) is 18.9 Å². The molecular formula is C17H21F3N2O3S. The van der Waals surface area contributed by atoms with Gasteiger partial charge in [-0.2, -0.15) is 13.2 Å². The first-order chi connectivity index (χ1) is 12.2. The molecule has 2 atom stereocenters. The molecule has 1 N–H and O–H groups in total. The van der Waals surface area contributed by atoms with Gasteiger partial charge in [-0.3, -0.25) is 9.10 Å². The maximum atomic E-state index is 13.2. The highest BCUT2D eigenvalue weighted by Gasteiger charge is 2.46. The molecule has 0 radical (unpaired) electrons. The molecule has 0 spiro atoms. The van der Waals surface area contributed by atoms with E-state index in [1.54, 1.807) is 12.1 Å². The second-order valence-electron chi connectivity index (χ2n) is 6.80. The number of amides is 1. The van der Waals surface area contributed by atoms with E-state index in [0.29, 0.717) is 31.5 Å². The molecular weight excluding hydrogens is 369 g/mol. The number of alkyl halides is 3. The van der Waals surface area contributed by atoms with Crippen LogP contribution in [0.15, 0.2) is 24.3 Å². The maximum Gasteiger partial charge on any atom is 0.393 e. The van der Waals surface area contributed by atoms with Gasteiger partial charge in [0.1, 0.15) is 0 Å². The third-order valence-electron chi connectivity index (χ3n) is 5.00. The number of carbonyl (C=O) groups excluding carboxylic acids is 1. The van der Waals surface area contributed by atoms with E-state index in [-0.39, 0.29) is 24.2 Å². The monoisotopic (exact) mass is 390 g/mol. The second-order valence-corrected chi connectivity index (χ2v) is 8.82. The molecule has 1 aliphatic heterocycles. The summed E-state index contributed by atoms with van der Waals surface area (Å²) in [4.78, 5) is 12.5. The van der Waals surface area contributed by atoms with Crippen LogP contribution in [0.3, 0.4) is 0 Å². The number of nitrogens with zero attached hydrogens (tertiary/aromatic N) is 1. The summed E-state index contributed by atoms with van der Waals surface area (Å²) in [5.41, 5.74) is 0.530. The third kappa shape index (κ3) is 3.97. The Morgan fingerprint density at radius 3 is 2.54 bits per heavy atom. The van der Waals surface area contributed by atoms with Crippen LogP contribution in [0.2, 0.25) is 0 Å². The molecule has 1 aliphatic carbocycles. The van der Waals surface area contributed by atoms with E-state index in [2.05, 4.69) is 5.32 Å². The van der Waals surface area contributed by atoms with Gasteiger partial charge < -0.3 is 5.32 Å². The Morgan fingerprint density at radius 1 is 1.15 bits per heavy atom. The van der Waals surface area contributed by atoms with Crippen LogP contribution in [-0.2, 0) is 10.0 Å². The summed E-state index contributed by atoms with van der Waals surface area (Å²) in [6, 6.07) is 5.07. The van der Waals surface area contributed by atoms with Crippen molar-refractivity contribution >= 4 is 21.6 Å². The van der Waals surface area contributed by atoms with Crippen LogP contribution in [-0.4, -0.2) is 38.8 Å². The summed E-state index contributed by atoms with van der Waals surface area (Å²) in [7, 11) is -3.39. The van der Waals surface area contributed by atoms with Gasteiger partial charge in [-0.05, 0) is 37.5 Å². The molecule has 0 bridgehead atoms. The Kier molecular flexibility index (Phi) is 5.18. The van der Waals surface area contributed by atoms with Gasteiger partial charge >= 0.3 is 6.18 Å². The average Bonchev–Trinajstić information content (AvgIpc) is 2.94. The number of anilines is 1. The Labute approximate surface area is 150 Å². The Balaban J connectivity index is 1.77. The standard InChI is InChI=1S/C17H21F3N2O3S/c18-17(19,20)14-7-1-2-8-15(14)21-16(23)12-5-3-6-13(11-12)22-9-4-10-26(22,24)25/h3,5-6,11,14-15H,1-2,4,7-10H2,(H,21,23). The van der Waals surface area contributed by atoms with Crippen molar-refractivity contribution in [2.24, 2.45) is 5.92 Å². The average molecular weight is 390 g/mol. The van der Waals surface area contributed by atoms with Crippen molar-refractivity contribution in [1.29, 1.82) is 0 Å². The lowest BCUT2D eigenvalue weighted by Crippen LogP contribution is -2.47. The molecule has 1 saturated carbocycles. The Bertz CT molecular complexity index is 780. The smallest absolute Gasteiger partial charge is 0.349 e. The lowest BCUT2D eigenvalue weighted by atomic mass is 9.84. The van der Waals surface area contributed by atoms with Gasteiger partial charge in [-0.1, -0.05) is 18.9 Å². The topological polar surface area (TPSA) is 66.5 Å². The molecule has 1 aromatic carbocycles. The highest BCUT2D eigenvalue weighted by Crippen LogP contribution is 2.38. The zero-order valence-electron chi connectivity index (χ0n) is 14.1. The molecule has 1 heterocycles. The van der Waals surface area contributed by atoms with Crippen LogP contribution in [0.1, 0.15) is 42.5 Å². The molecule has 0 aromatic heterocycles. The van der Waals surface area contributed by atoms with Crippen molar-refractivity contribution in [3.05, 3.63) is 29.8 Å². The number of rotatable bonds is 3. The summed E-state index contributed by atoms with van der Waals surface area (Å²) in [6.45, 7) is 0.339. The molecule has 1 aromatic rings. The molecule has 1 amide bonds. The number of hydrogen-bond donors (Lipinski definition) is 1. The first-order valence-electron chi connectivity index (χ1n) is 8.66.